The van der Waals surface area contributed by atoms with Gasteiger partial charge >= 0.3 is 24.1 Å². The summed E-state index contributed by atoms with van der Waals surface area (Å²) in [4.78, 5) is 39.0. The Labute approximate surface area is 183 Å². The topological polar surface area (TPSA) is 120 Å². The molecule has 11 heteroatoms. The number of piperidine rings is 1. The van der Waals surface area contributed by atoms with Crippen molar-refractivity contribution in [2.24, 2.45) is 17.8 Å². The highest BCUT2D eigenvalue weighted by Gasteiger charge is 2.38. The number of likely N-dealkylation sites (tertiary alicyclic amines) is 1. The van der Waals surface area contributed by atoms with Gasteiger partial charge in [0.25, 0.3) is 0 Å². The minimum atomic E-state index is -5.08. The van der Waals surface area contributed by atoms with E-state index >= 15 is 0 Å². The maximum atomic E-state index is 12.7. The maximum absolute atomic E-state index is 12.7. The highest BCUT2D eigenvalue weighted by molar-refractivity contribution is 5.77. The second kappa shape index (κ2) is 11.1. The summed E-state index contributed by atoms with van der Waals surface area (Å²) in [5.74, 6) is -3.40. The first-order valence-electron chi connectivity index (χ1n) is 10.5. The number of hydrogen-bond donors (Lipinski definition) is 3. The third-order valence-electron chi connectivity index (χ3n) is 5.70. The first kappa shape index (κ1) is 25.4. The Morgan fingerprint density at radius 1 is 1.19 bits per heavy atom. The molecule has 0 spiro atoms. The second-order valence-electron chi connectivity index (χ2n) is 8.36. The summed E-state index contributed by atoms with van der Waals surface area (Å²) < 4.78 is 31.7. The number of rotatable bonds is 4. The minimum absolute atomic E-state index is 0.115. The van der Waals surface area contributed by atoms with Gasteiger partial charge in [0.05, 0.1) is 5.92 Å². The summed E-state index contributed by atoms with van der Waals surface area (Å²) in [5.41, 5.74) is 1.06. The minimum Gasteiger partial charge on any atom is -0.481 e. The number of hydrogen-bond acceptors (Lipinski definition) is 4. The molecular formula is C21H28F3N3O5. The van der Waals surface area contributed by atoms with Gasteiger partial charge in [0.1, 0.15) is 0 Å². The number of carboxylic acid groups (broad SMARTS) is 2. The Hall–Kier alpha value is -2.85. The van der Waals surface area contributed by atoms with Crippen LogP contribution in [0.1, 0.15) is 38.3 Å². The summed E-state index contributed by atoms with van der Waals surface area (Å²) >= 11 is 0. The van der Waals surface area contributed by atoms with Gasteiger partial charge < -0.3 is 20.4 Å². The van der Waals surface area contributed by atoms with Crippen LogP contribution in [0.4, 0.5) is 18.0 Å². The molecule has 1 aliphatic heterocycles. The first-order chi connectivity index (χ1) is 15.0. The normalized spacial score (nSPS) is 25.4. The van der Waals surface area contributed by atoms with Crippen molar-refractivity contribution in [3.63, 3.8) is 0 Å². The molecule has 3 N–H and O–H groups in total. The molecule has 1 aliphatic carbocycles. The van der Waals surface area contributed by atoms with E-state index in [9.17, 15) is 27.9 Å². The maximum Gasteiger partial charge on any atom is 0.490 e. The second-order valence-corrected chi connectivity index (χ2v) is 8.36. The van der Waals surface area contributed by atoms with Gasteiger partial charge in [-0.1, -0.05) is 19.4 Å². The van der Waals surface area contributed by atoms with Crippen molar-refractivity contribution in [3.05, 3.63) is 30.1 Å². The van der Waals surface area contributed by atoms with Crippen LogP contribution in [-0.2, 0) is 16.0 Å². The number of carboxylic acids is 2. The Morgan fingerprint density at radius 2 is 1.88 bits per heavy atom. The zero-order valence-corrected chi connectivity index (χ0v) is 17.7. The van der Waals surface area contributed by atoms with Gasteiger partial charge in [0.2, 0.25) is 0 Å². The molecule has 4 atom stereocenters. The van der Waals surface area contributed by atoms with Gasteiger partial charge in [-0.3, -0.25) is 9.78 Å². The van der Waals surface area contributed by atoms with Gasteiger partial charge in [-0.05, 0) is 49.7 Å². The van der Waals surface area contributed by atoms with E-state index in [4.69, 9.17) is 9.90 Å². The Morgan fingerprint density at radius 3 is 2.44 bits per heavy atom. The molecule has 0 radical (unpaired) electrons. The van der Waals surface area contributed by atoms with E-state index in [1.54, 1.807) is 11.1 Å². The fourth-order valence-corrected chi connectivity index (χ4v) is 4.20. The first-order valence-corrected chi connectivity index (χ1v) is 10.5. The largest absolute Gasteiger partial charge is 0.490 e. The van der Waals surface area contributed by atoms with E-state index < -0.39 is 24.0 Å². The number of urea groups is 1. The predicted octanol–water partition coefficient (Wildman–Crippen LogP) is 3.18. The van der Waals surface area contributed by atoms with Crippen LogP contribution in [-0.4, -0.2) is 63.4 Å². The van der Waals surface area contributed by atoms with Crippen molar-refractivity contribution in [2.75, 3.05) is 13.1 Å². The lowest BCUT2D eigenvalue weighted by Crippen LogP contribution is -2.52. The van der Waals surface area contributed by atoms with Gasteiger partial charge in [0, 0.05) is 31.0 Å². The van der Waals surface area contributed by atoms with Crippen LogP contribution in [0.3, 0.4) is 0 Å². The average Bonchev–Trinajstić information content (AvgIpc) is 3.14. The highest BCUT2D eigenvalue weighted by atomic mass is 19.4. The third kappa shape index (κ3) is 7.69. The number of nitrogens with one attached hydrogen (secondary N) is 1. The summed E-state index contributed by atoms with van der Waals surface area (Å²) in [7, 11) is 0. The summed E-state index contributed by atoms with van der Waals surface area (Å²) in [5, 5.41) is 19.6. The van der Waals surface area contributed by atoms with Crippen LogP contribution < -0.4 is 5.32 Å². The van der Waals surface area contributed by atoms with Crippen molar-refractivity contribution in [2.45, 2.75) is 51.2 Å². The van der Waals surface area contributed by atoms with E-state index in [2.05, 4.69) is 10.3 Å². The lowest BCUT2D eigenvalue weighted by atomic mass is 9.90. The van der Waals surface area contributed by atoms with Gasteiger partial charge in [0.15, 0.2) is 0 Å². The van der Waals surface area contributed by atoms with Crippen LogP contribution in [0.25, 0.3) is 0 Å². The third-order valence-corrected chi connectivity index (χ3v) is 5.70. The molecule has 4 unspecified atom stereocenters. The lowest BCUT2D eigenvalue weighted by molar-refractivity contribution is -0.192. The van der Waals surface area contributed by atoms with Crippen LogP contribution in [0.2, 0.25) is 0 Å². The van der Waals surface area contributed by atoms with Crippen molar-refractivity contribution >= 4 is 18.0 Å². The summed E-state index contributed by atoms with van der Waals surface area (Å²) in [6.45, 7) is 2.95. The highest BCUT2D eigenvalue weighted by Crippen LogP contribution is 2.29. The molecule has 1 saturated carbocycles. The number of aromatic nitrogens is 1. The van der Waals surface area contributed by atoms with E-state index in [-0.39, 0.29) is 18.0 Å². The van der Waals surface area contributed by atoms with Crippen molar-refractivity contribution in [1.29, 1.82) is 0 Å². The number of nitrogens with zero attached hydrogens (tertiary/aromatic N) is 2. The monoisotopic (exact) mass is 459 g/mol. The zero-order valence-electron chi connectivity index (χ0n) is 17.7. The Bertz CT molecular complexity index is 791. The quantitative estimate of drug-likeness (QED) is 0.636. The fourth-order valence-electron chi connectivity index (χ4n) is 4.20. The van der Waals surface area contributed by atoms with Crippen LogP contribution in [0.15, 0.2) is 24.4 Å². The standard InChI is InChI=1S/C19H27N3O3.C2HF3O2/c1-13-9-15(18(23)24)12-22(11-13)19(25)21-17-7-4-5-14(17)10-16-6-2-3-8-20-16;3-2(4,5)1(6)7/h2-3,6,8,13-15,17H,4-5,7,9-12H2,1H3,(H,21,25)(H,23,24);(H,6,7). The van der Waals surface area contributed by atoms with E-state index in [1.165, 1.54) is 0 Å². The van der Waals surface area contributed by atoms with E-state index in [1.807, 2.05) is 25.1 Å². The molecule has 32 heavy (non-hydrogen) atoms. The molecule has 8 nitrogen and oxygen atoms in total. The molecule has 0 bridgehead atoms. The van der Waals surface area contributed by atoms with Crippen molar-refractivity contribution in [3.8, 4) is 0 Å². The van der Waals surface area contributed by atoms with Crippen LogP contribution >= 0.6 is 0 Å². The molecule has 2 fully saturated rings. The molecule has 178 valence electrons. The molecule has 2 amide bonds. The molecule has 3 rings (SSSR count). The van der Waals surface area contributed by atoms with E-state index in [0.29, 0.717) is 25.4 Å². The average molecular weight is 459 g/mol. The number of halogens is 3. The predicted molar refractivity (Wildman–Crippen MR) is 108 cm³/mol. The molecular weight excluding hydrogens is 431 g/mol. The fraction of sp³-hybridized carbons (Fsp3) is 0.619. The number of carbonyl (C=O) groups is 3. The molecule has 1 saturated heterocycles. The number of carbonyl (C=O) groups excluding carboxylic acids is 1. The molecule has 2 heterocycles. The smallest absolute Gasteiger partial charge is 0.481 e. The molecule has 0 aromatic carbocycles. The molecule has 1 aromatic rings. The Balaban J connectivity index is 0.000000451. The number of amides is 2. The van der Waals surface area contributed by atoms with Gasteiger partial charge in [-0.15, -0.1) is 0 Å². The van der Waals surface area contributed by atoms with Crippen molar-refractivity contribution in [1.82, 2.24) is 15.2 Å². The van der Waals surface area contributed by atoms with Gasteiger partial charge in [-0.25, -0.2) is 9.59 Å². The number of pyridine rings is 1. The SMILES string of the molecule is CC1CC(C(=O)O)CN(C(=O)NC2CCCC2Cc2ccccn2)C1.O=C(O)C(F)(F)F. The van der Waals surface area contributed by atoms with Crippen LogP contribution in [0.5, 0.6) is 0 Å². The molecule has 2 aliphatic rings. The van der Waals surface area contributed by atoms with Crippen LogP contribution in [0, 0.1) is 17.8 Å². The lowest BCUT2D eigenvalue weighted by Gasteiger charge is -2.35. The summed E-state index contributed by atoms with van der Waals surface area (Å²) in [6, 6.07) is 5.96. The number of aliphatic carboxylic acids is 2. The van der Waals surface area contributed by atoms with Crippen molar-refractivity contribution < 1.29 is 37.8 Å². The Kier molecular flexibility index (Phi) is 8.85. The van der Waals surface area contributed by atoms with E-state index in [0.717, 1.165) is 31.4 Å². The molecule has 1 aromatic heterocycles. The zero-order chi connectivity index (χ0) is 23.9. The number of alkyl halides is 3. The summed E-state index contributed by atoms with van der Waals surface area (Å²) in [6.07, 6.45) is 1.42. The van der Waals surface area contributed by atoms with Gasteiger partial charge in [-0.2, -0.15) is 13.2 Å².